The highest BCUT2D eigenvalue weighted by Crippen LogP contribution is 2.37. The van der Waals surface area contributed by atoms with Gasteiger partial charge in [-0.1, -0.05) is 12.8 Å². The lowest BCUT2D eigenvalue weighted by atomic mass is 9.86. The van der Waals surface area contributed by atoms with Crippen molar-refractivity contribution >= 4 is 12.0 Å². The third-order valence-electron chi connectivity index (χ3n) is 4.89. The quantitative estimate of drug-likeness (QED) is 0.714. The van der Waals surface area contributed by atoms with Gasteiger partial charge in [0.2, 0.25) is 0 Å². The Hall–Kier alpha value is -1.30. The van der Waals surface area contributed by atoms with Crippen LogP contribution in [-0.2, 0) is 4.79 Å². The lowest BCUT2D eigenvalue weighted by molar-refractivity contribution is -0.148. The lowest BCUT2D eigenvalue weighted by Crippen LogP contribution is -2.50. The minimum absolute atomic E-state index is 0.108. The van der Waals surface area contributed by atoms with Gasteiger partial charge in [-0.15, -0.1) is 0 Å². The maximum Gasteiger partial charge on any atom is 0.317 e. The standard InChI is InChI=1S/C15H27N3O3/c1-16-9-12-5-4-8-18(10-12)14(21)17-11-15(13(19)20)6-2-3-7-15/h12,16H,2-11H2,1H3,(H,17,21)(H,19,20). The number of rotatable bonds is 5. The fraction of sp³-hybridized carbons (Fsp3) is 0.867. The van der Waals surface area contributed by atoms with E-state index in [2.05, 4.69) is 10.6 Å². The highest BCUT2D eigenvalue weighted by Gasteiger charge is 2.41. The molecule has 2 amide bonds. The van der Waals surface area contributed by atoms with E-state index in [1.54, 1.807) is 0 Å². The molecular formula is C15H27N3O3. The number of carbonyl (C=O) groups excluding carboxylic acids is 1. The van der Waals surface area contributed by atoms with E-state index in [4.69, 9.17) is 0 Å². The van der Waals surface area contributed by atoms with E-state index in [1.165, 1.54) is 0 Å². The number of urea groups is 1. The Balaban J connectivity index is 1.85. The Bertz CT molecular complexity index is 378. The summed E-state index contributed by atoms with van der Waals surface area (Å²) in [4.78, 5) is 25.6. The van der Waals surface area contributed by atoms with Gasteiger partial charge in [0.25, 0.3) is 0 Å². The summed E-state index contributed by atoms with van der Waals surface area (Å²) in [5.41, 5.74) is -0.740. The second kappa shape index (κ2) is 7.11. The second-order valence-electron chi connectivity index (χ2n) is 6.46. The molecule has 6 nitrogen and oxygen atoms in total. The van der Waals surface area contributed by atoms with Gasteiger partial charge in [0, 0.05) is 19.6 Å². The minimum atomic E-state index is -0.771. The van der Waals surface area contributed by atoms with Crippen molar-refractivity contribution in [3.63, 3.8) is 0 Å². The lowest BCUT2D eigenvalue weighted by Gasteiger charge is -2.34. The summed E-state index contributed by atoms with van der Waals surface area (Å²) in [7, 11) is 1.93. The largest absolute Gasteiger partial charge is 0.481 e. The van der Waals surface area contributed by atoms with Gasteiger partial charge in [0.15, 0.2) is 0 Å². The van der Waals surface area contributed by atoms with E-state index in [-0.39, 0.29) is 12.6 Å². The molecule has 6 heteroatoms. The predicted molar refractivity (Wildman–Crippen MR) is 80.2 cm³/mol. The van der Waals surface area contributed by atoms with E-state index in [0.29, 0.717) is 18.8 Å². The molecule has 1 aliphatic heterocycles. The summed E-state index contributed by atoms with van der Waals surface area (Å²) >= 11 is 0. The van der Waals surface area contributed by atoms with Crippen LogP contribution in [0.1, 0.15) is 38.5 Å². The summed E-state index contributed by atoms with van der Waals surface area (Å²) in [5, 5.41) is 15.4. The number of aliphatic carboxylic acids is 1. The predicted octanol–water partition coefficient (Wildman–Crippen LogP) is 1.27. The Morgan fingerprint density at radius 2 is 2.00 bits per heavy atom. The molecule has 0 aromatic rings. The van der Waals surface area contributed by atoms with Gasteiger partial charge in [-0.2, -0.15) is 0 Å². The third-order valence-corrected chi connectivity index (χ3v) is 4.89. The molecule has 2 fully saturated rings. The Kier molecular flexibility index (Phi) is 5.45. The van der Waals surface area contributed by atoms with Crippen LogP contribution in [0.3, 0.4) is 0 Å². The molecule has 2 rings (SSSR count). The van der Waals surface area contributed by atoms with E-state index >= 15 is 0 Å². The number of carboxylic acids is 1. The number of carboxylic acid groups (broad SMARTS) is 1. The van der Waals surface area contributed by atoms with Gasteiger partial charge in [0.1, 0.15) is 0 Å². The van der Waals surface area contributed by atoms with Crippen LogP contribution in [-0.4, -0.2) is 55.2 Å². The monoisotopic (exact) mass is 297 g/mol. The van der Waals surface area contributed by atoms with Crippen molar-refractivity contribution in [1.82, 2.24) is 15.5 Å². The minimum Gasteiger partial charge on any atom is -0.481 e. The van der Waals surface area contributed by atoms with Crippen molar-refractivity contribution in [2.24, 2.45) is 11.3 Å². The molecule has 0 radical (unpaired) electrons. The fourth-order valence-corrected chi connectivity index (χ4v) is 3.58. The van der Waals surface area contributed by atoms with Crippen LogP contribution in [0, 0.1) is 11.3 Å². The molecular weight excluding hydrogens is 270 g/mol. The first-order valence-corrected chi connectivity index (χ1v) is 7.98. The molecule has 3 N–H and O–H groups in total. The highest BCUT2D eigenvalue weighted by atomic mass is 16.4. The molecule has 0 spiro atoms. The normalized spacial score (nSPS) is 24.8. The van der Waals surface area contributed by atoms with Gasteiger partial charge in [-0.05, 0) is 45.2 Å². The number of piperidine rings is 1. The van der Waals surface area contributed by atoms with Gasteiger partial charge in [-0.3, -0.25) is 4.79 Å². The molecule has 1 saturated carbocycles. The molecule has 1 atom stereocenters. The van der Waals surface area contributed by atoms with Crippen molar-refractivity contribution in [2.45, 2.75) is 38.5 Å². The van der Waals surface area contributed by atoms with Crippen LogP contribution in [0.5, 0.6) is 0 Å². The molecule has 1 unspecified atom stereocenters. The van der Waals surface area contributed by atoms with Crippen molar-refractivity contribution in [1.29, 1.82) is 0 Å². The average molecular weight is 297 g/mol. The Labute approximate surface area is 126 Å². The molecule has 0 aromatic carbocycles. The van der Waals surface area contributed by atoms with E-state index in [0.717, 1.165) is 45.3 Å². The number of hydrogen-bond donors (Lipinski definition) is 3. The summed E-state index contributed by atoms with van der Waals surface area (Å²) < 4.78 is 0. The Morgan fingerprint density at radius 3 is 2.62 bits per heavy atom. The maximum absolute atomic E-state index is 12.3. The molecule has 21 heavy (non-hydrogen) atoms. The van der Waals surface area contributed by atoms with E-state index in [1.807, 2.05) is 11.9 Å². The topological polar surface area (TPSA) is 81.7 Å². The molecule has 1 heterocycles. The van der Waals surface area contributed by atoms with E-state index in [9.17, 15) is 14.7 Å². The average Bonchev–Trinajstić information content (AvgIpc) is 2.96. The summed E-state index contributed by atoms with van der Waals surface area (Å²) in [6.07, 6.45) is 5.38. The number of amides is 2. The van der Waals surface area contributed by atoms with Crippen molar-refractivity contribution in [3.8, 4) is 0 Å². The van der Waals surface area contributed by atoms with Crippen LogP contribution in [0.15, 0.2) is 0 Å². The third kappa shape index (κ3) is 3.87. The van der Waals surface area contributed by atoms with E-state index < -0.39 is 11.4 Å². The van der Waals surface area contributed by atoms with Gasteiger partial charge in [-0.25, -0.2) is 4.79 Å². The van der Waals surface area contributed by atoms with Crippen LogP contribution < -0.4 is 10.6 Å². The van der Waals surface area contributed by atoms with Gasteiger partial charge >= 0.3 is 12.0 Å². The zero-order valence-electron chi connectivity index (χ0n) is 12.9. The molecule has 0 aromatic heterocycles. The number of nitrogens with one attached hydrogen (secondary N) is 2. The first kappa shape index (κ1) is 16.1. The van der Waals surface area contributed by atoms with Crippen LogP contribution in [0.4, 0.5) is 4.79 Å². The zero-order chi connectivity index (χ0) is 15.3. The van der Waals surface area contributed by atoms with Crippen LogP contribution >= 0.6 is 0 Å². The van der Waals surface area contributed by atoms with Crippen LogP contribution in [0.2, 0.25) is 0 Å². The summed E-state index contributed by atoms with van der Waals surface area (Å²) in [5.74, 6) is -0.276. The first-order valence-electron chi connectivity index (χ1n) is 7.98. The van der Waals surface area contributed by atoms with Crippen molar-refractivity contribution in [3.05, 3.63) is 0 Å². The van der Waals surface area contributed by atoms with Gasteiger partial charge < -0.3 is 20.6 Å². The molecule has 120 valence electrons. The zero-order valence-corrected chi connectivity index (χ0v) is 12.9. The highest BCUT2D eigenvalue weighted by molar-refractivity contribution is 5.78. The van der Waals surface area contributed by atoms with Crippen molar-refractivity contribution < 1.29 is 14.7 Å². The Morgan fingerprint density at radius 1 is 1.29 bits per heavy atom. The smallest absolute Gasteiger partial charge is 0.317 e. The molecule has 0 bridgehead atoms. The molecule has 1 saturated heterocycles. The SMILES string of the molecule is CNCC1CCCN(C(=O)NCC2(C(=O)O)CCCC2)C1. The fourth-order valence-electron chi connectivity index (χ4n) is 3.58. The second-order valence-corrected chi connectivity index (χ2v) is 6.46. The number of likely N-dealkylation sites (tertiary alicyclic amines) is 1. The molecule has 2 aliphatic rings. The maximum atomic E-state index is 12.3. The first-order chi connectivity index (χ1) is 10.1. The summed E-state index contributed by atoms with van der Waals surface area (Å²) in [6, 6.07) is -0.108. The molecule has 1 aliphatic carbocycles. The number of hydrogen-bond acceptors (Lipinski definition) is 3. The number of carbonyl (C=O) groups is 2. The van der Waals surface area contributed by atoms with Gasteiger partial charge in [0.05, 0.1) is 5.41 Å². The van der Waals surface area contributed by atoms with Crippen molar-refractivity contribution in [2.75, 3.05) is 33.2 Å². The summed E-state index contributed by atoms with van der Waals surface area (Å²) in [6.45, 7) is 2.70. The number of nitrogens with zero attached hydrogens (tertiary/aromatic N) is 1. The van der Waals surface area contributed by atoms with Crippen LogP contribution in [0.25, 0.3) is 0 Å².